The first-order chi connectivity index (χ1) is 11.4. The SMILES string of the molecule is Cc1cc(C)n(-c2ccc(CC(=O)N3CCN(C)C[C@H]3C)cc2)n1. The predicted molar refractivity (Wildman–Crippen MR) is 95.4 cm³/mol. The lowest BCUT2D eigenvalue weighted by Gasteiger charge is -2.38. The molecule has 5 heteroatoms. The smallest absolute Gasteiger partial charge is 0.227 e. The minimum atomic E-state index is 0.217. The highest BCUT2D eigenvalue weighted by molar-refractivity contribution is 5.79. The van der Waals surface area contributed by atoms with Gasteiger partial charge < -0.3 is 9.80 Å². The molecule has 1 atom stereocenters. The highest BCUT2D eigenvalue weighted by Crippen LogP contribution is 2.15. The molecule has 2 aromatic rings. The Labute approximate surface area is 143 Å². The van der Waals surface area contributed by atoms with E-state index < -0.39 is 0 Å². The number of aryl methyl sites for hydroxylation is 2. The van der Waals surface area contributed by atoms with Crippen molar-refractivity contribution in [3.63, 3.8) is 0 Å². The summed E-state index contributed by atoms with van der Waals surface area (Å²) in [6, 6.07) is 10.5. The zero-order valence-electron chi connectivity index (χ0n) is 15.0. The second-order valence-electron chi connectivity index (χ2n) is 6.88. The van der Waals surface area contributed by atoms with Crippen LogP contribution in [0.25, 0.3) is 5.69 Å². The molecule has 0 saturated carbocycles. The van der Waals surface area contributed by atoms with E-state index in [9.17, 15) is 4.79 Å². The summed E-state index contributed by atoms with van der Waals surface area (Å²) in [6.45, 7) is 8.88. The van der Waals surface area contributed by atoms with Gasteiger partial charge in [-0.1, -0.05) is 12.1 Å². The number of aromatic nitrogens is 2. The number of carbonyl (C=O) groups is 1. The van der Waals surface area contributed by atoms with E-state index in [1.807, 2.05) is 47.7 Å². The Morgan fingerprint density at radius 1 is 1.21 bits per heavy atom. The molecule has 1 aromatic carbocycles. The first-order valence-corrected chi connectivity index (χ1v) is 8.54. The molecule has 1 amide bonds. The second-order valence-corrected chi connectivity index (χ2v) is 6.88. The second kappa shape index (κ2) is 6.77. The van der Waals surface area contributed by atoms with Crippen LogP contribution in [-0.4, -0.2) is 58.2 Å². The van der Waals surface area contributed by atoms with Crippen LogP contribution in [-0.2, 0) is 11.2 Å². The first-order valence-electron chi connectivity index (χ1n) is 8.54. The number of rotatable bonds is 3. The molecule has 0 aliphatic carbocycles. The molecular formula is C19H26N4O. The van der Waals surface area contributed by atoms with Crippen LogP contribution in [0.3, 0.4) is 0 Å². The molecule has 3 rings (SSSR count). The van der Waals surface area contributed by atoms with Gasteiger partial charge in [-0.25, -0.2) is 4.68 Å². The minimum Gasteiger partial charge on any atom is -0.337 e. The van der Waals surface area contributed by atoms with Gasteiger partial charge in [0.05, 0.1) is 17.8 Å². The van der Waals surface area contributed by atoms with Gasteiger partial charge in [-0.2, -0.15) is 5.10 Å². The summed E-state index contributed by atoms with van der Waals surface area (Å²) in [5.74, 6) is 0.217. The zero-order chi connectivity index (χ0) is 17.3. The van der Waals surface area contributed by atoms with Crippen molar-refractivity contribution >= 4 is 5.91 Å². The molecular weight excluding hydrogens is 300 g/mol. The van der Waals surface area contributed by atoms with Crippen LogP contribution in [0.15, 0.2) is 30.3 Å². The summed E-state index contributed by atoms with van der Waals surface area (Å²) in [7, 11) is 2.11. The van der Waals surface area contributed by atoms with Crippen molar-refractivity contribution in [2.24, 2.45) is 0 Å². The molecule has 24 heavy (non-hydrogen) atoms. The van der Waals surface area contributed by atoms with Crippen LogP contribution in [0.1, 0.15) is 23.9 Å². The number of hydrogen-bond acceptors (Lipinski definition) is 3. The Kier molecular flexibility index (Phi) is 4.71. The Bertz CT molecular complexity index is 719. The van der Waals surface area contributed by atoms with E-state index in [0.29, 0.717) is 6.42 Å². The number of piperazine rings is 1. The van der Waals surface area contributed by atoms with Gasteiger partial charge in [-0.3, -0.25) is 4.79 Å². The lowest BCUT2D eigenvalue weighted by Crippen LogP contribution is -2.53. The third-order valence-corrected chi connectivity index (χ3v) is 4.70. The quantitative estimate of drug-likeness (QED) is 0.868. The normalized spacial score (nSPS) is 18.8. The average molecular weight is 326 g/mol. The van der Waals surface area contributed by atoms with Gasteiger partial charge in [0.25, 0.3) is 0 Å². The van der Waals surface area contributed by atoms with Crippen LogP contribution in [0, 0.1) is 13.8 Å². The largest absolute Gasteiger partial charge is 0.337 e. The number of carbonyl (C=O) groups excluding carboxylic acids is 1. The van der Waals surface area contributed by atoms with E-state index >= 15 is 0 Å². The van der Waals surface area contributed by atoms with Gasteiger partial charge in [-0.05, 0) is 51.6 Å². The third kappa shape index (κ3) is 3.51. The molecule has 1 aliphatic rings. The number of amides is 1. The summed E-state index contributed by atoms with van der Waals surface area (Å²) in [4.78, 5) is 16.9. The van der Waals surface area contributed by atoms with Crippen molar-refractivity contribution < 1.29 is 4.79 Å². The zero-order valence-corrected chi connectivity index (χ0v) is 15.0. The van der Waals surface area contributed by atoms with Crippen molar-refractivity contribution in [1.29, 1.82) is 0 Å². The maximum Gasteiger partial charge on any atom is 0.227 e. The summed E-state index contributed by atoms with van der Waals surface area (Å²) in [5, 5.41) is 4.50. The molecule has 1 aromatic heterocycles. The van der Waals surface area contributed by atoms with Crippen LogP contribution in [0.5, 0.6) is 0 Å². The van der Waals surface area contributed by atoms with E-state index in [4.69, 9.17) is 0 Å². The lowest BCUT2D eigenvalue weighted by atomic mass is 10.1. The molecule has 128 valence electrons. The Balaban J connectivity index is 1.68. The van der Waals surface area contributed by atoms with Crippen molar-refractivity contribution in [1.82, 2.24) is 19.6 Å². The van der Waals surface area contributed by atoms with Gasteiger partial charge >= 0.3 is 0 Å². The van der Waals surface area contributed by atoms with Crippen LogP contribution in [0.2, 0.25) is 0 Å². The monoisotopic (exact) mass is 326 g/mol. The van der Waals surface area contributed by atoms with E-state index in [1.54, 1.807) is 0 Å². The average Bonchev–Trinajstić information content (AvgIpc) is 2.86. The summed E-state index contributed by atoms with van der Waals surface area (Å²) in [6.07, 6.45) is 0.464. The molecule has 0 spiro atoms. The lowest BCUT2D eigenvalue weighted by molar-refractivity contribution is -0.134. The van der Waals surface area contributed by atoms with E-state index in [2.05, 4.69) is 30.0 Å². The van der Waals surface area contributed by atoms with Gasteiger partial charge in [-0.15, -0.1) is 0 Å². The Hall–Kier alpha value is -2.14. The molecule has 0 bridgehead atoms. The molecule has 1 fully saturated rings. The number of likely N-dealkylation sites (N-methyl/N-ethyl adjacent to an activating group) is 1. The highest BCUT2D eigenvalue weighted by atomic mass is 16.2. The van der Waals surface area contributed by atoms with Crippen molar-refractivity contribution in [3.05, 3.63) is 47.3 Å². The molecule has 1 aliphatic heterocycles. The number of hydrogen-bond donors (Lipinski definition) is 0. The fraction of sp³-hybridized carbons (Fsp3) is 0.474. The van der Waals surface area contributed by atoms with Gasteiger partial charge in [0.1, 0.15) is 0 Å². The number of benzene rings is 1. The topological polar surface area (TPSA) is 41.4 Å². The molecule has 5 nitrogen and oxygen atoms in total. The van der Waals surface area contributed by atoms with Gasteiger partial charge in [0, 0.05) is 31.4 Å². The van der Waals surface area contributed by atoms with Crippen molar-refractivity contribution in [2.45, 2.75) is 33.2 Å². The fourth-order valence-electron chi connectivity index (χ4n) is 3.43. The van der Waals surface area contributed by atoms with Gasteiger partial charge in [0.2, 0.25) is 5.91 Å². The molecule has 2 heterocycles. The van der Waals surface area contributed by atoms with E-state index in [0.717, 1.165) is 42.3 Å². The molecule has 0 N–H and O–H groups in total. The first kappa shape index (κ1) is 16.7. The van der Waals surface area contributed by atoms with Crippen molar-refractivity contribution in [3.8, 4) is 5.69 Å². The number of nitrogens with zero attached hydrogens (tertiary/aromatic N) is 4. The predicted octanol–water partition coefficient (Wildman–Crippen LogP) is 2.19. The minimum absolute atomic E-state index is 0.217. The van der Waals surface area contributed by atoms with Crippen LogP contribution in [0.4, 0.5) is 0 Å². The van der Waals surface area contributed by atoms with Crippen LogP contribution >= 0.6 is 0 Å². The highest BCUT2D eigenvalue weighted by Gasteiger charge is 2.25. The maximum atomic E-state index is 12.6. The Morgan fingerprint density at radius 2 is 1.92 bits per heavy atom. The van der Waals surface area contributed by atoms with Gasteiger partial charge in [0.15, 0.2) is 0 Å². The summed E-state index contributed by atoms with van der Waals surface area (Å²) < 4.78 is 1.93. The molecule has 0 unspecified atom stereocenters. The fourth-order valence-corrected chi connectivity index (χ4v) is 3.43. The van der Waals surface area contributed by atoms with Crippen molar-refractivity contribution in [2.75, 3.05) is 26.7 Å². The maximum absolute atomic E-state index is 12.6. The summed E-state index contributed by atoms with van der Waals surface area (Å²) in [5.41, 5.74) is 4.21. The molecule has 1 saturated heterocycles. The van der Waals surface area contributed by atoms with E-state index in [1.165, 1.54) is 0 Å². The van der Waals surface area contributed by atoms with E-state index in [-0.39, 0.29) is 11.9 Å². The Morgan fingerprint density at radius 3 is 2.50 bits per heavy atom. The van der Waals surface area contributed by atoms with Crippen LogP contribution < -0.4 is 0 Å². The molecule has 0 radical (unpaired) electrons. The standard InChI is InChI=1S/C19H26N4O/c1-14-11-15(2)23(20-14)18-7-5-17(6-8-18)12-19(24)22-10-9-21(4)13-16(22)3/h5-8,11,16H,9-10,12-13H2,1-4H3/t16-/m1/s1. The third-order valence-electron chi connectivity index (χ3n) is 4.70. The summed E-state index contributed by atoms with van der Waals surface area (Å²) >= 11 is 0.